The average molecular weight is 217 g/mol. The third-order valence-corrected chi connectivity index (χ3v) is 4.54. The number of para-hydroxylation sites is 1. The number of benzene rings is 1. The first-order chi connectivity index (χ1) is 7.54. The van der Waals surface area contributed by atoms with Gasteiger partial charge in [0.05, 0.1) is 0 Å². The molecule has 0 spiro atoms. The summed E-state index contributed by atoms with van der Waals surface area (Å²) in [4.78, 5) is 0. The minimum atomic E-state index is -0.0826. The second kappa shape index (κ2) is 3.01. The number of hydrogen-bond acceptors (Lipinski definition) is 2. The maximum absolute atomic E-state index is 6.27. The Balaban J connectivity index is 2.00. The van der Waals surface area contributed by atoms with Crippen molar-refractivity contribution in [2.45, 2.75) is 44.8 Å². The van der Waals surface area contributed by atoms with Gasteiger partial charge in [-0.15, -0.1) is 0 Å². The standard InChI is InChI=1S/C14H19NO/c1-13(7-8-13)14(2)9-11(15)10-5-3-4-6-12(10)16-14/h3-6,11H,7-9,15H2,1-2H3/t11-,14?/m0/s1. The molecule has 1 heterocycles. The van der Waals surface area contributed by atoms with E-state index in [-0.39, 0.29) is 11.6 Å². The van der Waals surface area contributed by atoms with Crippen LogP contribution in [0.1, 0.15) is 44.7 Å². The van der Waals surface area contributed by atoms with Crippen LogP contribution in [-0.2, 0) is 0 Å². The van der Waals surface area contributed by atoms with Crippen molar-refractivity contribution in [2.75, 3.05) is 0 Å². The molecule has 0 bridgehead atoms. The molecule has 3 rings (SSSR count). The number of rotatable bonds is 1. The van der Waals surface area contributed by atoms with Crippen molar-refractivity contribution < 1.29 is 4.74 Å². The van der Waals surface area contributed by atoms with E-state index in [4.69, 9.17) is 10.5 Å². The SMILES string of the molecule is CC1(C2(C)C[C@H](N)c3ccccc3O2)CC1. The fraction of sp³-hybridized carbons (Fsp3) is 0.571. The number of ether oxygens (including phenoxy) is 1. The van der Waals surface area contributed by atoms with Crippen LogP contribution in [0.4, 0.5) is 0 Å². The minimum absolute atomic E-state index is 0.0826. The molecule has 0 radical (unpaired) electrons. The fourth-order valence-corrected chi connectivity index (χ4v) is 2.78. The maximum Gasteiger partial charge on any atom is 0.124 e. The first-order valence-corrected chi connectivity index (χ1v) is 6.08. The van der Waals surface area contributed by atoms with Crippen LogP contribution >= 0.6 is 0 Å². The molecule has 1 aliphatic heterocycles. The Bertz CT molecular complexity index is 424. The van der Waals surface area contributed by atoms with Gasteiger partial charge < -0.3 is 10.5 Å². The zero-order chi connectivity index (χ0) is 11.4. The van der Waals surface area contributed by atoms with E-state index in [2.05, 4.69) is 19.9 Å². The van der Waals surface area contributed by atoms with Gasteiger partial charge in [-0.25, -0.2) is 0 Å². The second-order valence-electron chi connectivity index (χ2n) is 5.74. The monoisotopic (exact) mass is 217 g/mol. The van der Waals surface area contributed by atoms with E-state index >= 15 is 0 Å². The van der Waals surface area contributed by atoms with E-state index < -0.39 is 0 Å². The van der Waals surface area contributed by atoms with E-state index in [9.17, 15) is 0 Å². The van der Waals surface area contributed by atoms with E-state index in [1.54, 1.807) is 0 Å². The zero-order valence-electron chi connectivity index (χ0n) is 9.99. The number of nitrogens with two attached hydrogens (primary N) is 1. The van der Waals surface area contributed by atoms with E-state index in [1.165, 1.54) is 12.8 Å². The Hall–Kier alpha value is -1.02. The Morgan fingerprint density at radius 3 is 2.62 bits per heavy atom. The van der Waals surface area contributed by atoms with Crippen molar-refractivity contribution in [1.29, 1.82) is 0 Å². The molecule has 1 unspecified atom stereocenters. The molecule has 2 N–H and O–H groups in total. The number of fused-ring (bicyclic) bond motifs is 1. The minimum Gasteiger partial charge on any atom is -0.487 e. The first kappa shape index (κ1) is 10.2. The van der Waals surface area contributed by atoms with Gasteiger partial charge in [-0.2, -0.15) is 0 Å². The molecule has 0 saturated heterocycles. The van der Waals surface area contributed by atoms with Gasteiger partial charge in [-0.05, 0) is 25.8 Å². The van der Waals surface area contributed by atoms with Gasteiger partial charge in [0, 0.05) is 23.4 Å². The molecule has 2 nitrogen and oxygen atoms in total. The van der Waals surface area contributed by atoms with Crippen LogP contribution < -0.4 is 10.5 Å². The summed E-state index contributed by atoms with van der Waals surface area (Å²) in [5.41, 5.74) is 7.67. The summed E-state index contributed by atoms with van der Waals surface area (Å²) in [6.45, 7) is 4.53. The van der Waals surface area contributed by atoms with Crippen molar-refractivity contribution in [3.63, 3.8) is 0 Å². The molecule has 2 aliphatic rings. The van der Waals surface area contributed by atoms with Crippen LogP contribution in [0.15, 0.2) is 24.3 Å². The lowest BCUT2D eigenvalue weighted by Crippen LogP contribution is -2.46. The van der Waals surface area contributed by atoms with Crippen molar-refractivity contribution in [1.82, 2.24) is 0 Å². The summed E-state index contributed by atoms with van der Waals surface area (Å²) in [6.07, 6.45) is 3.46. The van der Waals surface area contributed by atoms with Gasteiger partial charge in [-0.3, -0.25) is 0 Å². The third kappa shape index (κ3) is 1.29. The zero-order valence-corrected chi connectivity index (χ0v) is 9.99. The molecule has 1 aromatic rings. The molecule has 1 fully saturated rings. The van der Waals surface area contributed by atoms with Crippen LogP contribution in [-0.4, -0.2) is 5.60 Å². The van der Waals surface area contributed by atoms with Crippen molar-refractivity contribution >= 4 is 0 Å². The van der Waals surface area contributed by atoms with E-state index in [1.807, 2.05) is 18.2 Å². The van der Waals surface area contributed by atoms with Gasteiger partial charge in [0.1, 0.15) is 11.4 Å². The smallest absolute Gasteiger partial charge is 0.124 e. The highest BCUT2D eigenvalue weighted by Gasteiger charge is 2.56. The number of hydrogen-bond donors (Lipinski definition) is 1. The van der Waals surface area contributed by atoms with Gasteiger partial charge in [0.25, 0.3) is 0 Å². The van der Waals surface area contributed by atoms with E-state index in [0.29, 0.717) is 5.41 Å². The highest BCUT2D eigenvalue weighted by molar-refractivity contribution is 5.39. The van der Waals surface area contributed by atoms with Crippen LogP contribution in [0.5, 0.6) is 5.75 Å². The van der Waals surface area contributed by atoms with Gasteiger partial charge in [0.2, 0.25) is 0 Å². The summed E-state index contributed by atoms with van der Waals surface area (Å²) in [6, 6.07) is 8.29. The second-order valence-corrected chi connectivity index (χ2v) is 5.74. The predicted molar refractivity (Wildman–Crippen MR) is 64.4 cm³/mol. The molecule has 2 atom stereocenters. The van der Waals surface area contributed by atoms with Gasteiger partial charge >= 0.3 is 0 Å². The molecule has 2 heteroatoms. The Morgan fingerprint density at radius 1 is 1.25 bits per heavy atom. The summed E-state index contributed by atoms with van der Waals surface area (Å²) < 4.78 is 6.24. The third-order valence-electron chi connectivity index (χ3n) is 4.54. The Morgan fingerprint density at radius 2 is 1.94 bits per heavy atom. The molecule has 1 saturated carbocycles. The summed E-state index contributed by atoms with van der Waals surface area (Å²) in [7, 11) is 0. The lowest BCUT2D eigenvalue weighted by atomic mass is 9.78. The molecule has 16 heavy (non-hydrogen) atoms. The fourth-order valence-electron chi connectivity index (χ4n) is 2.78. The van der Waals surface area contributed by atoms with Crippen LogP contribution in [0.3, 0.4) is 0 Å². The van der Waals surface area contributed by atoms with Crippen LogP contribution in [0.25, 0.3) is 0 Å². The van der Waals surface area contributed by atoms with Crippen molar-refractivity contribution in [3.8, 4) is 5.75 Å². The topological polar surface area (TPSA) is 35.2 Å². The molecule has 0 amide bonds. The highest BCUT2D eigenvalue weighted by atomic mass is 16.5. The predicted octanol–water partition coefficient (Wildman–Crippen LogP) is 3.03. The largest absolute Gasteiger partial charge is 0.487 e. The molecule has 1 aromatic carbocycles. The quantitative estimate of drug-likeness (QED) is 0.784. The van der Waals surface area contributed by atoms with Crippen molar-refractivity contribution in [2.24, 2.45) is 11.1 Å². The van der Waals surface area contributed by atoms with Crippen LogP contribution in [0.2, 0.25) is 0 Å². The summed E-state index contributed by atoms with van der Waals surface area (Å²) in [5, 5.41) is 0. The lowest BCUT2D eigenvalue weighted by molar-refractivity contribution is -0.00892. The first-order valence-electron chi connectivity index (χ1n) is 6.08. The average Bonchev–Trinajstić information content (AvgIpc) is 2.98. The molecular formula is C14H19NO. The lowest BCUT2D eigenvalue weighted by Gasteiger charge is -2.43. The highest BCUT2D eigenvalue weighted by Crippen LogP contribution is 2.59. The molecule has 86 valence electrons. The van der Waals surface area contributed by atoms with Crippen molar-refractivity contribution in [3.05, 3.63) is 29.8 Å². The summed E-state index contributed by atoms with van der Waals surface area (Å²) >= 11 is 0. The normalized spacial score (nSPS) is 35.1. The Kier molecular flexibility index (Phi) is 1.91. The summed E-state index contributed by atoms with van der Waals surface area (Å²) in [5.74, 6) is 0.983. The van der Waals surface area contributed by atoms with Gasteiger partial charge in [-0.1, -0.05) is 25.1 Å². The Labute approximate surface area is 96.8 Å². The molecule has 1 aliphatic carbocycles. The maximum atomic E-state index is 6.27. The van der Waals surface area contributed by atoms with Gasteiger partial charge in [0.15, 0.2) is 0 Å². The van der Waals surface area contributed by atoms with Crippen LogP contribution in [0, 0.1) is 5.41 Å². The molecule has 0 aromatic heterocycles. The van der Waals surface area contributed by atoms with E-state index in [0.717, 1.165) is 17.7 Å². The molecular weight excluding hydrogens is 198 g/mol.